The van der Waals surface area contributed by atoms with Crippen LogP contribution in [0.15, 0.2) is 59.3 Å². The van der Waals surface area contributed by atoms with Crippen molar-refractivity contribution in [1.82, 2.24) is 15.0 Å². The average molecular weight is 408 g/mol. The van der Waals surface area contributed by atoms with Crippen LogP contribution in [0.4, 0.5) is 0 Å². The predicted octanol–water partition coefficient (Wildman–Crippen LogP) is 6.85. The molecule has 1 unspecified atom stereocenters. The lowest BCUT2D eigenvalue weighted by Gasteiger charge is -2.34. The van der Waals surface area contributed by atoms with E-state index in [1.807, 2.05) is 19.9 Å². The second-order valence-electron chi connectivity index (χ2n) is 7.46. The van der Waals surface area contributed by atoms with E-state index in [0.29, 0.717) is 5.82 Å². The molecule has 0 N–H and O–H groups in total. The topological polar surface area (TPSA) is 42.2 Å². The van der Waals surface area contributed by atoms with E-state index in [4.69, 9.17) is 9.51 Å². The number of nitrogens with zero attached hydrogens (tertiary/aromatic N) is 3. The van der Waals surface area contributed by atoms with Gasteiger partial charge < -0.3 is 9.42 Å². The summed E-state index contributed by atoms with van der Waals surface area (Å²) in [7, 11) is 0. The van der Waals surface area contributed by atoms with Gasteiger partial charge in [0.2, 0.25) is 11.7 Å². The number of likely N-dealkylation sites (tertiary alicyclic amines) is 1. The number of benzene rings is 1. The second-order valence-corrected chi connectivity index (χ2v) is 7.46. The minimum absolute atomic E-state index is 0.240. The van der Waals surface area contributed by atoms with Gasteiger partial charge in [0.25, 0.3) is 0 Å². The summed E-state index contributed by atoms with van der Waals surface area (Å²) in [5, 5.41) is 4.27. The van der Waals surface area contributed by atoms with Crippen LogP contribution in [0.5, 0.6) is 0 Å². The molecule has 0 amide bonds. The zero-order valence-corrected chi connectivity index (χ0v) is 19.4. The summed E-state index contributed by atoms with van der Waals surface area (Å²) in [6.45, 7) is 20.5. The number of aryl methyl sites for hydroxylation is 2. The summed E-state index contributed by atoms with van der Waals surface area (Å²) < 4.78 is 5.68. The van der Waals surface area contributed by atoms with Crippen molar-refractivity contribution >= 4 is 0 Å². The second kappa shape index (κ2) is 11.5. The van der Waals surface area contributed by atoms with Crippen molar-refractivity contribution in [2.24, 2.45) is 0 Å². The van der Waals surface area contributed by atoms with Gasteiger partial charge in [0.15, 0.2) is 0 Å². The first-order chi connectivity index (χ1) is 14.6. The molecule has 0 bridgehead atoms. The van der Waals surface area contributed by atoms with Gasteiger partial charge in [0.1, 0.15) is 0 Å². The van der Waals surface area contributed by atoms with Crippen molar-refractivity contribution < 1.29 is 4.52 Å². The van der Waals surface area contributed by atoms with Crippen LogP contribution in [-0.4, -0.2) is 28.1 Å². The summed E-state index contributed by atoms with van der Waals surface area (Å²) in [5.41, 5.74) is 5.96. The van der Waals surface area contributed by atoms with E-state index >= 15 is 0 Å². The summed E-state index contributed by atoms with van der Waals surface area (Å²) in [5.74, 6) is 1.66. The Balaban J connectivity index is 0.00000155. The van der Waals surface area contributed by atoms with Crippen LogP contribution < -0.4 is 0 Å². The summed E-state index contributed by atoms with van der Waals surface area (Å²) in [6, 6.07) is 6.38. The fourth-order valence-electron chi connectivity index (χ4n) is 3.90. The van der Waals surface area contributed by atoms with Gasteiger partial charge >= 0.3 is 0 Å². The molecule has 2 heterocycles. The third kappa shape index (κ3) is 5.50. The van der Waals surface area contributed by atoms with Crippen molar-refractivity contribution in [3.05, 3.63) is 71.8 Å². The Morgan fingerprint density at radius 2 is 2.07 bits per heavy atom. The van der Waals surface area contributed by atoms with Gasteiger partial charge in [-0.1, -0.05) is 70.3 Å². The monoisotopic (exact) mass is 407 g/mol. The highest BCUT2D eigenvalue weighted by atomic mass is 16.5. The molecule has 4 nitrogen and oxygen atoms in total. The molecular formula is C26H37N3O. The Morgan fingerprint density at radius 3 is 2.73 bits per heavy atom. The Labute approximate surface area is 182 Å². The van der Waals surface area contributed by atoms with Gasteiger partial charge in [-0.3, -0.25) is 0 Å². The van der Waals surface area contributed by atoms with Crippen LogP contribution >= 0.6 is 0 Å². The number of allylic oxidation sites excluding steroid dienone is 3. The highest BCUT2D eigenvalue weighted by Gasteiger charge is 2.27. The molecule has 1 atom stereocenters. The summed E-state index contributed by atoms with van der Waals surface area (Å²) in [6.07, 6.45) is 8.00. The maximum Gasteiger partial charge on any atom is 0.231 e. The van der Waals surface area contributed by atoms with Crippen molar-refractivity contribution in [1.29, 1.82) is 0 Å². The minimum Gasteiger partial charge on any atom is -0.371 e. The molecule has 0 saturated carbocycles. The van der Waals surface area contributed by atoms with Gasteiger partial charge in [0, 0.05) is 24.4 Å². The van der Waals surface area contributed by atoms with Gasteiger partial charge in [-0.2, -0.15) is 4.98 Å². The molecule has 1 saturated heterocycles. The van der Waals surface area contributed by atoms with E-state index in [0.717, 1.165) is 55.9 Å². The van der Waals surface area contributed by atoms with Gasteiger partial charge in [-0.05, 0) is 55.4 Å². The van der Waals surface area contributed by atoms with Crippen LogP contribution in [0.1, 0.15) is 69.9 Å². The standard InChI is InChI=1S/C24H31N3O.C2H6/c1-6-10-19(7-2)18(5)27-14-9-11-22(16-27)24-25-23(26-28-24)21-13-12-17(4)20(8-3)15-21;1-2/h6,10,12-13,15,22H,1,5,7-9,11,14,16H2,2-4H3;1-2H3/b19-10+;. The lowest BCUT2D eigenvalue weighted by Crippen LogP contribution is -2.34. The molecule has 162 valence electrons. The maximum atomic E-state index is 5.68. The first-order valence-electron chi connectivity index (χ1n) is 11.3. The molecule has 1 aromatic heterocycles. The Morgan fingerprint density at radius 1 is 1.30 bits per heavy atom. The summed E-state index contributed by atoms with van der Waals surface area (Å²) in [4.78, 5) is 7.08. The first-order valence-corrected chi connectivity index (χ1v) is 11.3. The predicted molar refractivity (Wildman–Crippen MR) is 126 cm³/mol. The Hall–Kier alpha value is -2.62. The van der Waals surface area contributed by atoms with Crippen molar-refractivity contribution in [3.8, 4) is 11.4 Å². The quantitative estimate of drug-likeness (QED) is 0.471. The van der Waals surface area contributed by atoms with Crippen LogP contribution in [0.25, 0.3) is 11.4 Å². The number of rotatable bonds is 7. The molecule has 1 aromatic carbocycles. The Bertz CT molecular complexity index is 878. The molecule has 30 heavy (non-hydrogen) atoms. The van der Waals surface area contributed by atoms with Gasteiger partial charge in [-0.25, -0.2) is 0 Å². The van der Waals surface area contributed by atoms with E-state index in [2.05, 4.69) is 68.3 Å². The molecule has 3 rings (SSSR count). The van der Waals surface area contributed by atoms with Gasteiger partial charge in [0.05, 0.1) is 5.92 Å². The lowest BCUT2D eigenvalue weighted by atomic mass is 9.96. The fourth-order valence-corrected chi connectivity index (χ4v) is 3.90. The van der Waals surface area contributed by atoms with Crippen LogP contribution in [0.2, 0.25) is 0 Å². The smallest absolute Gasteiger partial charge is 0.231 e. The fraction of sp³-hybridized carbons (Fsp3) is 0.462. The maximum absolute atomic E-state index is 5.68. The normalized spacial score (nSPS) is 16.6. The zero-order chi connectivity index (χ0) is 22.1. The van der Waals surface area contributed by atoms with Crippen LogP contribution in [0, 0.1) is 6.92 Å². The summed E-state index contributed by atoms with van der Waals surface area (Å²) >= 11 is 0. The Kier molecular flexibility index (Phi) is 9.10. The highest BCUT2D eigenvalue weighted by molar-refractivity contribution is 5.57. The van der Waals surface area contributed by atoms with E-state index in [-0.39, 0.29) is 5.92 Å². The largest absolute Gasteiger partial charge is 0.371 e. The van der Waals surface area contributed by atoms with Crippen molar-refractivity contribution in [3.63, 3.8) is 0 Å². The molecule has 2 aromatic rings. The minimum atomic E-state index is 0.240. The molecule has 0 aliphatic carbocycles. The molecule has 4 heteroatoms. The van der Waals surface area contributed by atoms with Crippen LogP contribution in [0.3, 0.4) is 0 Å². The average Bonchev–Trinajstić information content (AvgIpc) is 3.29. The highest BCUT2D eigenvalue weighted by Crippen LogP contribution is 2.31. The van der Waals surface area contributed by atoms with Crippen LogP contribution in [-0.2, 0) is 6.42 Å². The van der Waals surface area contributed by atoms with Gasteiger partial charge in [-0.15, -0.1) is 0 Å². The van der Waals surface area contributed by atoms with Crippen molar-refractivity contribution in [2.75, 3.05) is 13.1 Å². The molecular weight excluding hydrogens is 370 g/mol. The number of piperidine rings is 1. The zero-order valence-electron chi connectivity index (χ0n) is 19.4. The first kappa shape index (κ1) is 23.7. The van der Waals surface area contributed by atoms with E-state index in [1.165, 1.54) is 16.7 Å². The number of aromatic nitrogens is 2. The molecule has 1 aliphatic heterocycles. The molecule has 1 aliphatic rings. The SMILES string of the molecule is C=C/C=C(\CC)C(=C)N1CCCC(c2nc(-c3ccc(C)c(CC)c3)no2)C1.CC. The number of hydrogen-bond acceptors (Lipinski definition) is 4. The molecule has 0 spiro atoms. The molecule has 1 fully saturated rings. The lowest BCUT2D eigenvalue weighted by molar-refractivity contribution is 0.229. The number of hydrogen-bond donors (Lipinski definition) is 0. The van der Waals surface area contributed by atoms with E-state index in [1.54, 1.807) is 0 Å². The molecule has 0 radical (unpaired) electrons. The van der Waals surface area contributed by atoms with E-state index in [9.17, 15) is 0 Å². The third-order valence-corrected chi connectivity index (χ3v) is 5.65. The third-order valence-electron chi connectivity index (χ3n) is 5.65. The van der Waals surface area contributed by atoms with E-state index < -0.39 is 0 Å². The van der Waals surface area contributed by atoms with Crippen molar-refractivity contribution in [2.45, 2.75) is 66.2 Å².